The summed E-state index contributed by atoms with van der Waals surface area (Å²) in [6.45, 7) is 5.00. The number of thioether (sulfide) groups is 1. The molecule has 2 rings (SSSR count). The number of aromatic amines is 1. The highest BCUT2D eigenvalue weighted by molar-refractivity contribution is 8.00. The first-order chi connectivity index (χ1) is 11.1. The molecule has 1 heterocycles. The van der Waals surface area contributed by atoms with Gasteiger partial charge in [0.1, 0.15) is 0 Å². The van der Waals surface area contributed by atoms with Gasteiger partial charge in [-0.25, -0.2) is 9.89 Å². The zero-order valence-electron chi connectivity index (χ0n) is 13.4. The number of H-pyrrole nitrogens is 1. The van der Waals surface area contributed by atoms with Gasteiger partial charge in [0.05, 0.1) is 5.25 Å². The Morgan fingerprint density at radius 2 is 2.13 bits per heavy atom. The number of rotatable bonds is 8. The predicted octanol–water partition coefficient (Wildman–Crippen LogP) is 1.82. The van der Waals surface area contributed by atoms with Crippen molar-refractivity contribution in [3.8, 4) is 0 Å². The zero-order chi connectivity index (χ0) is 16.7. The minimum absolute atomic E-state index is 0.0515. The summed E-state index contributed by atoms with van der Waals surface area (Å²) in [5, 5.41) is 9.60. The Bertz CT molecular complexity index is 681. The van der Waals surface area contributed by atoms with Crippen molar-refractivity contribution in [1.82, 2.24) is 20.1 Å². The molecule has 2 aromatic rings. The van der Waals surface area contributed by atoms with Crippen LogP contribution in [-0.4, -0.2) is 32.5 Å². The van der Waals surface area contributed by atoms with Crippen LogP contribution in [0.3, 0.4) is 0 Å². The summed E-state index contributed by atoms with van der Waals surface area (Å²) in [6.07, 6.45) is 1.64. The number of amides is 1. The van der Waals surface area contributed by atoms with Crippen LogP contribution in [0, 0.1) is 0 Å². The summed E-state index contributed by atoms with van der Waals surface area (Å²) in [5.41, 5.74) is 0.961. The van der Waals surface area contributed by atoms with E-state index in [0.717, 1.165) is 12.8 Å². The van der Waals surface area contributed by atoms with Gasteiger partial charge in [0.25, 0.3) is 0 Å². The average Bonchev–Trinajstić information content (AvgIpc) is 2.89. The maximum atomic E-state index is 12.2. The van der Waals surface area contributed by atoms with Crippen LogP contribution in [0.4, 0.5) is 0 Å². The molecule has 0 aliphatic rings. The van der Waals surface area contributed by atoms with Gasteiger partial charge in [-0.3, -0.25) is 9.36 Å². The Morgan fingerprint density at radius 1 is 1.39 bits per heavy atom. The van der Waals surface area contributed by atoms with E-state index in [1.165, 1.54) is 17.3 Å². The zero-order valence-corrected chi connectivity index (χ0v) is 14.2. The molecule has 0 spiro atoms. The van der Waals surface area contributed by atoms with Gasteiger partial charge in [-0.1, -0.05) is 49.0 Å². The lowest BCUT2D eigenvalue weighted by molar-refractivity contribution is -0.120. The first kappa shape index (κ1) is 17.3. The van der Waals surface area contributed by atoms with Crippen molar-refractivity contribution >= 4 is 17.7 Å². The lowest BCUT2D eigenvalue weighted by Crippen LogP contribution is -2.32. The van der Waals surface area contributed by atoms with Crippen LogP contribution in [-0.2, 0) is 17.8 Å². The third-order valence-electron chi connectivity index (χ3n) is 3.38. The molecule has 0 fully saturated rings. The van der Waals surface area contributed by atoms with Crippen molar-refractivity contribution in [3.63, 3.8) is 0 Å². The van der Waals surface area contributed by atoms with Crippen LogP contribution in [0.1, 0.15) is 25.8 Å². The number of nitrogens with zero attached hydrogens (tertiary/aromatic N) is 2. The fraction of sp³-hybridized carbons (Fsp3) is 0.438. The van der Waals surface area contributed by atoms with E-state index in [1.807, 2.05) is 44.2 Å². The van der Waals surface area contributed by atoms with E-state index in [1.54, 1.807) is 4.57 Å². The Kier molecular flexibility index (Phi) is 6.46. The summed E-state index contributed by atoms with van der Waals surface area (Å²) < 4.78 is 1.57. The SMILES string of the molecule is CCCn1c(S[C@@H](C)C(=O)NCCc2ccccc2)n[nH]c1=O. The van der Waals surface area contributed by atoms with E-state index in [2.05, 4.69) is 15.5 Å². The third-order valence-corrected chi connectivity index (χ3v) is 4.47. The predicted molar refractivity (Wildman–Crippen MR) is 91.6 cm³/mol. The summed E-state index contributed by atoms with van der Waals surface area (Å²) in [5.74, 6) is -0.0515. The highest BCUT2D eigenvalue weighted by Gasteiger charge is 2.18. The fourth-order valence-corrected chi connectivity index (χ4v) is 3.05. The lowest BCUT2D eigenvalue weighted by atomic mass is 10.1. The van der Waals surface area contributed by atoms with E-state index in [0.29, 0.717) is 18.2 Å². The molecule has 0 saturated heterocycles. The first-order valence-electron chi connectivity index (χ1n) is 7.75. The average molecular weight is 334 g/mol. The Balaban J connectivity index is 1.84. The van der Waals surface area contributed by atoms with Gasteiger partial charge in [0.15, 0.2) is 5.16 Å². The minimum atomic E-state index is -0.309. The lowest BCUT2D eigenvalue weighted by Gasteiger charge is -2.12. The number of carbonyl (C=O) groups excluding carboxylic acids is 1. The van der Waals surface area contributed by atoms with Crippen LogP contribution in [0.2, 0.25) is 0 Å². The molecule has 1 atom stereocenters. The Morgan fingerprint density at radius 3 is 2.83 bits per heavy atom. The molecule has 2 N–H and O–H groups in total. The molecule has 0 aliphatic carbocycles. The molecule has 0 saturated carbocycles. The van der Waals surface area contributed by atoms with Crippen molar-refractivity contribution in [1.29, 1.82) is 0 Å². The topological polar surface area (TPSA) is 79.8 Å². The van der Waals surface area contributed by atoms with Crippen LogP contribution in [0.5, 0.6) is 0 Å². The van der Waals surface area contributed by atoms with Gasteiger partial charge >= 0.3 is 5.69 Å². The Hall–Kier alpha value is -2.02. The van der Waals surface area contributed by atoms with Gasteiger partial charge in [0.2, 0.25) is 5.91 Å². The van der Waals surface area contributed by atoms with E-state index >= 15 is 0 Å². The molecule has 0 aliphatic heterocycles. The van der Waals surface area contributed by atoms with E-state index in [4.69, 9.17) is 0 Å². The van der Waals surface area contributed by atoms with E-state index in [9.17, 15) is 9.59 Å². The maximum absolute atomic E-state index is 12.2. The smallest absolute Gasteiger partial charge is 0.343 e. The molecule has 0 radical (unpaired) electrons. The number of benzene rings is 1. The summed E-state index contributed by atoms with van der Waals surface area (Å²) in [6, 6.07) is 10.0. The molecule has 23 heavy (non-hydrogen) atoms. The fourth-order valence-electron chi connectivity index (χ4n) is 2.14. The molecule has 1 aromatic carbocycles. The summed E-state index contributed by atoms with van der Waals surface area (Å²) in [7, 11) is 0. The highest BCUT2D eigenvalue weighted by atomic mass is 32.2. The van der Waals surface area contributed by atoms with Crippen LogP contribution >= 0.6 is 11.8 Å². The molecule has 7 heteroatoms. The summed E-state index contributed by atoms with van der Waals surface area (Å²) >= 11 is 1.29. The standard InChI is InChI=1S/C16H22N4O2S/c1-3-11-20-15(22)18-19-16(20)23-12(2)14(21)17-10-9-13-7-5-4-6-8-13/h4-8,12H,3,9-11H2,1-2H3,(H,17,21)(H,18,22)/t12-/m0/s1. The molecular weight excluding hydrogens is 312 g/mol. The molecular formula is C16H22N4O2S. The van der Waals surface area contributed by atoms with Gasteiger partial charge in [-0.05, 0) is 25.3 Å². The number of hydrogen-bond acceptors (Lipinski definition) is 4. The van der Waals surface area contributed by atoms with Crippen LogP contribution in [0.15, 0.2) is 40.3 Å². The minimum Gasteiger partial charge on any atom is -0.355 e. The normalized spacial score (nSPS) is 12.1. The Labute approximate surface area is 139 Å². The number of aromatic nitrogens is 3. The van der Waals surface area contributed by atoms with Gasteiger partial charge in [0, 0.05) is 13.1 Å². The van der Waals surface area contributed by atoms with Crippen molar-refractivity contribution in [2.75, 3.05) is 6.54 Å². The first-order valence-corrected chi connectivity index (χ1v) is 8.63. The molecule has 1 aromatic heterocycles. The van der Waals surface area contributed by atoms with E-state index in [-0.39, 0.29) is 16.8 Å². The van der Waals surface area contributed by atoms with Crippen molar-refractivity contribution in [3.05, 3.63) is 46.4 Å². The molecule has 6 nitrogen and oxygen atoms in total. The monoisotopic (exact) mass is 334 g/mol. The number of carbonyl (C=O) groups is 1. The van der Waals surface area contributed by atoms with Crippen molar-refractivity contribution in [2.24, 2.45) is 0 Å². The van der Waals surface area contributed by atoms with Crippen molar-refractivity contribution in [2.45, 2.75) is 43.6 Å². The van der Waals surface area contributed by atoms with E-state index < -0.39 is 0 Å². The maximum Gasteiger partial charge on any atom is 0.343 e. The van der Waals surface area contributed by atoms with Gasteiger partial charge < -0.3 is 5.32 Å². The highest BCUT2D eigenvalue weighted by Crippen LogP contribution is 2.19. The van der Waals surface area contributed by atoms with Gasteiger partial charge in [-0.2, -0.15) is 0 Å². The van der Waals surface area contributed by atoms with Crippen molar-refractivity contribution < 1.29 is 4.79 Å². The number of nitrogens with one attached hydrogen (secondary N) is 2. The van der Waals surface area contributed by atoms with Gasteiger partial charge in [-0.15, -0.1) is 5.10 Å². The molecule has 0 unspecified atom stereocenters. The molecule has 1 amide bonds. The van der Waals surface area contributed by atoms with Crippen LogP contribution in [0.25, 0.3) is 0 Å². The second-order valence-corrected chi connectivity index (χ2v) is 6.56. The van der Waals surface area contributed by atoms with Crippen LogP contribution < -0.4 is 11.0 Å². The number of hydrogen-bond donors (Lipinski definition) is 2. The second kappa shape index (κ2) is 8.57. The largest absolute Gasteiger partial charge is 0.355 e. The molecule has 0 bridgehead atoms. The molecule has 124 valence electrons. The third kappa shape index (κ3) is 4.99. The quantitative estimate of drug-likeness (QED) is 0.722. The second-order valence-electron chi connectivity index (χ2n) is 5.25. The summed E-state index contributed by atoms with van der Waals surface area (Å²) in [4.78, 5) is 23.8.